The predicted molar refractivity (Wildman–Crippen MR) is 90.4 cm³/mol. The molecule has 0 unspecified atom stereocenters. The van der Waals surface area contributed by atoms with Crippen molar-refractivity contribution in [3.63, 3.8) is 0 Å². The van der Waals surface area contributed by atoms with Crippen LogP contribution in [0.25, 0.3) is 0 Å². The van der Waals surface area contributed by atoms with Crippen LogP contribution in [-0.4, -0.2) is 26.8 Å². The molecule has 0 heterocycles. The summed E-state index contributed by atoms with van der Waals surface area (Å²) in [4.78, 5) is 0. The minimum Gasteiger partial charge on any atom is -0.385 e. The minimum absolute atomic E-state index is 0.915. The maximum Gasteiger partial charge on any atom is 0.0462 e. The third-order valence-electron chi connectivity index (χ3n) is 3.91. The predicted octanol–water partition coefficient (Wildman–Crippen LogP) is 5.31. The molecule has 122 valence electrons. The van der Waals surface area contributed by atoms with Gasteiger partial charge >= 0.3 is 0 Å². The van der Waals surface area contributed by atoms with E-state index < -0.39 is 0 Å². The van der Waals surface area contributed by atoms with Gasteiger partial charge in [0.25, 0.3) is 0 Å². The van der Waals surface area contributed by atoms with E-state index in [2.05, 4.69) is 12.2 Å². The van der Waals surface area contributed by atoms with Crippen LogP contribution in [0.15, 0.2) is 0 Å². The second kappa shape index (κ2) is 18.9. The summed E-state index contributed by atoms with van der Waals surface area (Å²) in [5.41, 5.74) is 0. The summed E-state index contributed by atoms with van der Waals surface area (Å²) in [7, 11) is 1.78. The van der Waals surface area contributed by atoms with Gasteiger partial charge in [-0.1, -0.05) is 64.7 Å². The van der Waals surface area contributed by atoms with Gasteiger partial charge in [-0.2, -0.15) is 0 Å². The summed E-state index contributed by atoms with van der Waals surface area (Å²) in [6, 6.07) is 0. The van der Waals surface area contributed by atoms with Crippen LogP contribution in [0.2, 0.25) is 0 Å². The van der Waals surface area contributed by atoms with Gasteiger partial charge in [-0.05, 0) is 38.8 Å². The zero-order chi connectivity index (χ0) is 14.7. The number of rotatable bonds is 17. The van der Waals surface area contributed by atoms with Crippen molar-refractivity contribution < 1.29 is 4.74 Å². The topological polar surface area (TPSA) is 21.3 Å². The number of nitrogens with one attached hydrogen (secondary N) is 1. The average Bonchev–Trinajstić information content (AvgIpc) is 2.47. The van der Waals surface area contributed by atoms with E-state index in [4.69, 9.17) is 4.74 Å². The number of hydrogen-bond acceptors (Lipinski definition) is 2. The van der Waals surface area contributed by atoms with E-state index in [1.54, 1.807) is 7.11 Å². The largest absolute Gasteiger partial charge is 0.385 e. The molecule has 2 heteroatoms. The Morgan fingerprint density at radius 2 is 1.05 bits per heavy atom. The van der Waals surface area contributed by atoms with Crippen molar-refractivity contribution in [2.45, 2.75) is 90.4 Å². The van der Waals surface area contributed by atoms with Gasteiger partial charge < -0.3 is 10.1 Å². The zero-order valence-electron chi connectivity index (χ0n) is 14.2. The molecule has 0 bridgehead atoms. The Kier molecular flexibility index (Phi) is 18.8. The summed E-state index contributed by atoms with van der Waals surface area (Å²) < 4.78 is 5.04. The molecule has 0 atom stereocenters. The van der Waals surface area contributed by atoms with Gasteiger partial charge in [0.15, 0.2) is 0 Å². The molecule has 1 N–H and O–H groups in total. The molecule has 0 saturated heterocycles. The van der Waals surface area contributed by atoms with Gasteiger partial charge in [0.2, 0.25) is 0 Å². The molecule has 2 nitrogen and oxygen atoms in total. The lowest BCUT2D eigenvalue weighted by molar-refractivity contribution is 0.192. The lowest BCUT2D eigenvalue weighted by Gasteiger charge is -2.05. The van der Waals surface area contributed by atoms with E-state index in [1.165, 1.54) is 96.6 Å². The SMILES string of the molecule is CCCCCCCCCCCCNCCCCCOC. The first-order chi connectivity index (χ1) is 9.91. The van der Waals surface area contributed by atoms with E-state index >= 15 is 0 Å². The molecule has 0 fully saturated rings. The number of ether oxygens (including phenoxy) is 1. The van der Waals surface area contributed by atoms with E-state index in [0.29, 0.717) is 0 Å². The van der Waals surface area contributed by atoms with Gasteiger partial charge in [0.1, 0.15) is 0 Å². The normalized spacial score (nSPS) is 11.1. The molecule has 0 aromatic rings. The molecule has 0 saturated carbocycles. The van der Waals surface area contributed by atoms with Crippen molar-refractivity contribution in [3.05, 3.63) is 0 Å². The van der Waals surface area contributed by atoms with Crippen LogP contribution >= 0.6 is 0 Å². The third kappa shape index (κ3) is 17.9. The lowest BCUT2D eigenvalue weighted by atomic mass is 10.1. The first-order valence-corrected chi connectivity index (χ1v) is 9.11. The second-order valence-corrected chi connectivity index (χ2v) is 5.99. The average molecular weight is 286 g/mol. The van der Waals surface area contributed by atoms with Crippen molar-refractivity contribution in [1.29, 1.82) is 0 Å². The second-order valence-electron chi connectivity index (χ2n) is 5.99. The van der Waals surface area contributed by atoms with Crippen molar-refractivity contribution >= 4 is 0 Å². The maximum atomic E-state index is 5.04. The summed E-state index contributed by atoms with van der Waals surface area (Å²) in [6.45, 7) is 5.59. The molecule has 0 aliphatic carbocycles. The fourth-order valence-electron chi connectivity index (χ4n) is 2.54. The molecule has 20 heavy (non-hydrogen) atoms. The molecular weight excluding hydrogens is 246 g/mol. The van der Waals surface area contributed by atoms with E-state index in [9.17, 15) is 0 Å². The lowest BCUT2D eigenvalue weighted by Crippen LogP contribution is -2.16. The molecular formula is C18H39NO. The highest BCUT2D eigenvalue weighted by Crippen LogP contribution is 2.10. The van der Waals surface area contributed by atoms with Crippen LogP contribution in [0.3, 0.4) is 0 Å². The summed E-state index contributed by atoms with van der Waals surface area (Å²) >= 11 is 0. The Morgan fingerprint density at radius 1 is 0.600 bits per heavy atom. The Bertz CT molecular complexity index is 143. The summed E-state index contributed by atoms with van der Waals surface area (Å²) in [5.74, 6) is 0. The highest BCUT2D eigenvalue weighted by Gasteiger charge is 1.93. The molecule has 0 rings (SSSR count). The Morgan fingerprint density at radius 3 is 1.55 bits per heavy atom. The van der Waals surface area contributed by atoms with Gasteiger partial charge in [0, 0.05) is 13.7 Å². The van der Waals surface area contributed by atoms with E-state index in [1.807, 2.05) is 0 Å². The number of unbranched alkanes of at least 4 members (excludes halogenated alkanes) is 11. The molecule has 0 aliphatic heterocycles. The Labute approximate surface area is 128 Å². The van der Waals surface area contributed by atoms with Crippen molar-refractivity contribution in [1.82, 2.24) is 5.32 Å². The zero-order valence-corrected chi connectivity index (χ0v) is 14.2. The first kappa shape index (κ1) is 19.9. The number of hydrogen-bond donors (Lipinski definition) is 1. The van der Waals surface area contributed by atoms with Crippen LogP contribution in [0.4, 0.5) is 0 Å². The van der Waals surface area contributed by atoms with Crippen molar-refractivity contribution in [2.75, 3.05) is 26.8 Å². The van der Waals surface area contributed by atoms with Gasteiger partial charge in [0.05, 0.1) is 0 Å². The molecule has 0 aliphatic rings. The third-order valence-corrected chi connectivity index (χ3v) is 3.91. The maximum absolute atomic E-state index is 5.04. The Balaban J connectivity index is 2.89. The fourth-order valence-corrected chi connectivity index (χ4v) is 2.54. The molecule has 0 spiro atoms. The van der Waals surface area contributed by atoms with Crippen LogP contribution in [0, 0.1) is 0 Å². The minimum atomic E-state index is 0.915. The monoisotopic (exact) mass is 285 g/mol. The first-order valence-electron chi connectivity index (χ1n) is 9.11. The standard InChI is InChI=1S/C18H39NO/c1-3-4-5-6-7-8-9-10-11-13-16-19-17-14-12-15-18-20-2/h19H,3-18H2,1-2H3. The molecule has 0 aromatic carbocycles. The quantitative estimate of drug-likeness (QED) is 0.365. The van der Waals surface area contributed by atoms with Gasteiger partial charge in [-0.25, -0.2) is 0 Å². The van der Waals surface area contributed by atoms with E-state index in [0.717, 1.165) is 6.61 Å². The fraction of sp³-hybridized carbons (Fsp3) is 1.00. The van der Waals surface area contributed by atoms with Gasteiger partial charge in [-0.15, -0.1) is 0 Å². The van der Waals surface area contributed by atoms with Gasteiger partial charge in [-0.3, -0.25) is 0 Å². The van der Waals surface area contributed by atoms with Crippen molar-refractivity contribution in [2.24, 2.45) is 0 Å². The summed E-state index contributed by atoms with van der Waals surface area (Å²) in [6.07, 6.45) is 18.0. The van der Waals surface area contributed by atoms with E-state index in [-0.39, 0.29) is 0 Å². The van der Waals surface area contributed by atoms with Crippen molar-refractivity contribution in [3.8, 4) is 0 Å². The molecule has 0 aromatic heterocycles. The van der Waals surface area contributed by atoms with Crippen LogP contribution in [0.1, 0.15) is 90.4 Å². The van der Waals surface area contributed by atoms with Crippen LogP contribution in [0.5, 0.6) is 0 Å². The number of methoxy groups -OCH3 is 1. The highest BCUT2D eigenvalue weighted by atomic mass is 16.5. The highest BCUT2D eigenvalue weighted by molar-refractivity contribution is 4.51. The smallest absolute Gasteiger partial charge is 0.0462 e. The molecule has 0 amide bonds. The summed E-state index contributed by atoms with van der Waals surface area (Å²) in [5, 5.41) is 3.55. The Hall–Kier alpha value is -0.0800. The van der Waals surface area contributed by atoms with Crippen LogP contribution in [-0.2, 0) is 4.74 Å². The molecule has 0 radical (unpaired) electrons. The van der Waals surface area contributed by atoms with Crippen LogP contribution < -0.4 is 5.32 Å².